The number of benzene rings is 2. The van der Waals surface area contributed by atoms with E-state index in [0.29, 0.717) is 0 Å². The SMILES string of the molecule is COc1ccc(C)cc1Nc1nc2ccccc2nc1C. The molecule has 0 fully saturated rings. The maximum absolute atomic E-state index is 5.39. The van der Waals surface area contributed by atoms with Gasteiger partial charge in [-0.15, -0.1) is 0 Å². The monoisotopic (exact) mass is 279 g/mol. The number of hydrogen-bond donors (Lipinski definition) is 1. The van der Waals surface area contributed by atoms with Gasteiger partial charge in [-0.25, -0.2) is 9.97 Å². The fourth-order valence-corrected chi connectivity index (χ4v) is 2.25. The maximum Gasteiger partial charge on any atom is 0.152 e. The average molecular weight is 279 g/mol. The maximum atomic E-state index is 5.39. The van der Waals surface area contributed by atoms with E-state index in [0.717, 1.165) is 39.5 Å². The Bertz CT molecular complexity index is 799. The molecule has 106 valence electrons. The van der Waals surface area contributed by atoms with Crippen molar-refractivity contribution in [3.05, 3.63) is 53.7 Å². The highest BCUT2D eigenvalue weighted by atomic mass is 16.5. The number of anilines is 2. The standard InChI is InChI=1S/C17H17N3O/c1-11-8-9-16(21-3)15(10-11)20-17-12(2)18-13-6-4-5-7-14(13)19-17/h4-10H,1-3H3,(H,19,20). The lowest BCUT2D eigenvalue weighted by molar-refractivity contribution is 0.416. The van der Waals surface area contributed by atoms with E-state index in [1.54, 1.807) is 7.11 Å². The second-order valence-corrected chi connectivity index (χ2v) is 4.98. The number of nitrogens with one attached hydrogen (secondary N) is 1. The molecule has 0 aliphatic rings. The Balaban J connectivity index is 2.05. The Kier molecular flexibility index (Phi) is 3.44. The molecule has 0 bridgehead atoms. The molecule has 0 saturated heterocycles. The topological polar surface area (TPSA) is 47.0 Å². The smallest absolute Gasteiger partial charge is 0.152 e. The summed E-state index contributed by atoms with van der Waals surface area (Å²) in [6, 6.07) is 13.9. The van der Waals surface area contributed by atoms with Gasteiger partial charge in [0.25, 0.3) is 0 Å². The summed E-state index contributed by atoms with van der Waals surface area (Å²) in [6.45, 7) is 3.99. The lowest BCUT2D eigenvalue weighted by atomic mass is 10.2. The summed E-state index contributed by atoms with van der Waals surface area (Å²) in [6.07, 6.45) is 0. The zero-order valence-corrected chi connectivity index (χ0v) is 12.3. The number of aromatic nitrogens is 2. The number of fused-ring (bicyclic) bond motifs is 1. The number of methoxy groups -OCH3 is 1. The predicted octanol–water partition coefficient (Wildman–Crippen LogP) is 4.00. The van der Waals surface area contributed by atoms with E-state index < -0.39 is 0 Å². The van der Waals surface area contributed by atoms with Crippen molar-refractivity contribution in [2.45, 2.75) is 13.8 Å². The van der Waals surface area contributed by atoms with Gasteiger partial charge in [0.2, 0.25) is 0 Å². The fourth-order valence-electron chi connectivity index (χ4n) is 2.25. The largest absolute Gasteiger partial charge is 0.495 e. The predicted molar refractivity (Wildman–Crippen MR) is 85.3 cm³/mol. The van der Waals surface area contributed by atoms with Crippen LogP contribution < -0.4 is 10.1 Å². The van der Waals surface area contributed by atoms with Crippen LogP contribution in [0.4, 0.5) is 11.5 Å². The fraction of sp³-hybridized carbons (Fsp3) is 0.176. The summed E-state index contributed by atoms with van der Waals surface area (Å²) < 4.78 is 5.39. The first kappa shape index (κ1) is 13.4. The molecular formula is C17H17N3O. The van der Waals surface area contributed by atoms with Gasteiger partial charge in [0, 0.05) is 0 Å². The summed E-state index contributed by atoms with van der Waals surface area (Å²) in [5.41, 5.74) is 4.68. The summed E-state index contributed by atoms with van der Waals surface area (Å²) in [5, 5.41) is 3.33. The van der Waals surface area contributed by atoms with Crippen molar-refractivity contribution in [2.24, 2.45) is 0 Å². The van der Waals surface area contributed by atoms with Gasteiger partial charge in [0.05, 0.1) is 29.5 Å². The molecule has 0 amide bonds. The van der Waals surface area contributed by atoms with E-state index in [-0.39, 0.29) is 0 Å². The highest BCUT2D eigenvalue weighted by Crippen LogP contribution is 2.29. The van der Waals surface area contributed by atoms with E-state index in [4.69, 9.17) is 4.74 Å². The van der Waals surface area contributed by atoms with Crippen molar-refractivity contribution in [3.8, 4) is 5.75 Å². The number of ether oxygens (including phenoxy) is 1. The Labute approximate surface area is 123 Å². The zero-order chi connectivity index (χ0) is 14.8. The van der Waals surface area contributed by atoms with E-state index in [9.17, 15) is 0 Å². The molecule has 3 rings (SSSR count). The first-order valence-electron chi connectivity index (χ1n) is 6.82. The Morgan fingerprint density at radius 2 is 1.67 bits per heavy atom. The molecule has 0 aliphatic heterocycles. The third kappa shape index (κ3) is 2.65. The second kappa shape index (κ2) is 5.40. The van der Waals surface area contributed by atoms with Gasteiger partial charge in [0.15, 0.2) is 5.82 Å². The molecule has 1 aromatic heterocycles. The van der Waals surface area contributed by atoms with Gasteiger partial charge in [-0.3, -0.25) is 0 Å². The molecule has 0 saturated carbocycles. The van der Waals surface area contributed by atoms with Crippen LogP contribution in [0.25, 0.3) is 11.0 Å². The van der Waals surface area contributed by atoms with Gasteiger partial charge < -0.3 is 10.1 Å². The average Bonchev–Trinajstić information content (AvgIpc) is 2.48. The Hall–Kier alpha value is -2.62. The number of aryl methyl sites for hydroxylation is 2. The van der Waals surface area contributed by atoms with Crippen LogP contribution in [0.3, 0.4) is 0 Å². The number of para-hydroxylation sites is 2. The third-order valence-corrected chi connectivity index (χ3v) is 3.35. The van der Waals surface area contributed by atoms with Crippen LogP contribution in [0.2, 0.25) is 0 Å². The minimum atomic E-state index is 0.748. The summed E-state index contributed by atoms with van der Waals surface area (Å²) in [7, 11) is 1.66. The van der Waals surface area contributed by atoms with Crippen LogP contribution in [0.5, 0.6) is 5.75 Å². The van der Waals surface area contributed by atoms with Crippen molar-refractivity contribution in [1.29, 1.82) is 0 Å². The molecular weight excluding hydrogens is 262 g/mol. The highest BCUT2D eigenvalue weighted by Gasteiger charge is 2.08. The second-order valence-electron chi connectivity index (χ2n) is 4.98. The van der Waals surface area contributed by atoms with Gasteiger partial charge in [-0.05, 0) is 43.7 Å². The molecule has 0 atom stereocenters. The molecule has 0 aliphatic carbocycles. The van der Waals surface area contributed by atoms with Crippen LogP contribution in [-0.2, 0) is 0 Å². The van der Waals surface area contributed by atoms with Gasteiger partial charge >= 0.3 is 0 Å². The number of rotatable bonds is 3. The summed E-state index contributed by atoms with van der Waals surface area (Å²) >= 11 is 0. The van der Waals surface area contributed by atoms with Crippen molar-refractivity contribution < 1.29 is 4.74 Å². The van der Waals surface area contributed by atoms with Crippen LogP contribution in [0.1, 0.15) is 11.3 Å². The van der Waals surface area contributed by atoms with E-state index >= 15 is 0 Å². The molecule has 21 heavy (non-hydrogen) atoms. The first-order valence-corrected chi connectivity index (χ1v) is 6.82. The Morgan fingerprint density at radius 3 is 2.38 bits per heavy atom. The van der Waals surface area contributed by atoms with Crippen molar-refractivity contribution in [3.63, 3.8) is 0 Å². The highest BCUT2D eigenvalue weighted by molar-refractivity contribution is 5.78. The first-order chi connectivity index (χ1) is 10.2. The van der Waals surface area contributed by atoms with Crippen molar-refractivity contribution >= 4 is 22.5 Å². The molecule has 1 heterocycles. The van der Waals surface area contributed by atoms with Crippen LogP contribution in [0.15, 0.2) is 42.5 Å². The van der Waals surface area contributed by atoms with Crippen LogP contribution in [-0.4, -0.2) is 17.1 Å². The Morgan fingerprint density at radius 1 is 0.952 bits per heavy atom. The zero-order valence-electron chi connectivity index (χ0n) is 12.3. The summed E-state index contributed by atoms with van der Waals surface area (Å²) in [4.78, 5) is 9.23. The van der Waals surface area contributed by atoms with E-state index in [1.807, 2.05) is 56.3 Å². The van der Waals surface area contributed by atoms with E-state index in [1.165, 1.54) is 0 Å². The molecule has 0 spiro atoms. The quantitative estimate of drug-likeness (QED) is 0.787. The van der Waals surface area contributed by atoms with Gasteiger partial charge in [-0.1, -0.05) is 18.2 Å². The van der Waals surface area contributed by atoms with Crippen molar-refractivity contribution in [1.82, 2.24) is 9.97 Å². The molecule has 0 radical (unpaired) electrons. The number of nitrogens with zero attached hydrogens (tertiary/aromatic N) is 2. The summed E-state index contributed by atoms with van der Waals surface area (Å²) in [5.74, 6) is 1.53. The minimum Gasteiger partial charge on any atom is -0.495 e. The van der Waals surface area contributed by atoms with Crippen LogP contribution >= 0.6 is 0 Å². The molecule has 4 nitrogen and oxygen atoms in total. The number of hydrogen-bond acceptors (Lipinski definition) is 4. The lowest BCUT2D eigenvalue weighted by Gasteiger charge is -2.13. The normalized spacial score (nSPS) is 10.6. The molecule has 2 aromatic carbocycles. The molecule has 1 N–H and O–H groups in total. The van der Waals surface area contributed by atoms with E-state index in [2.05, 4.69) is 15.3 Å². The van der Waals surface area contributed by atoms with Crippen LogP contribution in [0, 0.1) is 13.8 Å². The van der Waals surface area contributed by atoms with Crippen molar-refractivity contribution in [2.75, 3.05) is 12.4 Å². The third-order valence-electron chi connectivity index (χ3n) is 3.35. The van der Waals surface area contributed by atoms with Gasteiger partial charge in [0.1, 0.15) is 5.75 Å². The lowest BCUT2D eigenvalue weighted by Crippen LogP contribution is -2.01. The molecule has 4 heteroatoms. The molecule has 0 unspecified atom stereocenters. The molecule has 3 aromatic rings. The minimum absolute atomic E-state index is 0.748. The van der Waals surface area contributed by atoms with Gasteiger partial charge in [-0.2, -0.15) is 0 Å².